The van der Waals surface area contributed by atoms with Crippen molar-refractivity contribution < 1.29 is 19.4 Å². The quantitative estimate of drug-likeness (QED) is 0.800. The number of amides is 1. The summed E-state index contributed by atoms with van der Waals surface area (Å²) in [5.41, 5.74) is 1.39. The molecule has 1 N–H and O–H groups in total. The summed E-state index contributed by atoms with van der Waals surface area (Å²) in [7, 11) is 1.32. The number of aromatic hydroxyl groups is 1. The SMILES string of the molecule is COC(=O)[C@H]1CC(=O)N(c2ccc(O)c(C)c2)C1. The van der Waals surface area contributed by atoms with E-state index in [-0.39, 0.29) is 24.0 Å². The molecule has 0 aromatic heterocycles. The van der Waals surface area contributed by atoms with Gasteiger partial charge in [-0.2, -0.15) is 0 Å². The molecule has 0 unspecified atom stereocenters. The first kappa shape index (κ1) is 12.4. The lowest BCUT2D eigenvalue weighted by Crippen LogP contribution is -2.26. The number of esters is 1. The Hall–Kier alpha value is -2.04. The Bertz CT molecular complexity index is 498. The summed E-state index contributed by atoms with van der Waals surface area (Å²) < 4.78 is 4.65. The third kappa shape index (κ3) is 2.16. The Morgan fingerprint density at radius 1 is 1.50 bits per heavy atom. The number of anilines is 1. The molecule has 1 fully saturated rings. The van der Waals surface area contributed by atoms with E-state index in [0.717, 1.165) is 0 Å². The highest BCUT2D eigenvalue weighted by atomic mass is 16.5. The van der Waals surface area contributed by atoms with Crippen LogP contribution in [-0.4, -0.2) is 30.6 Å². The Morgan fingerprint density at radius 3 is 2.83 bits per heavy atom. The highest BCUT2D eigenvalue weighted by molar-refractivity contribution is 5.99. The molecule has 1 heterocycles. The van der Waals surface area contributed by atoms with Gasteiger partial charge in [0.15, 0.2) is 0 Å². The third-order valence-electron chi connectivity index (χ3n) is 3.15. The summed E-state index contributed by atoms with van der Waals surface area (Å²) in [4.78, 5) is 24.8. The summed E-state index contributed by atoms with van der Waals surface area (Å²) in [6.45, 7) is 2.09. The van der Waals surface area contributed by atoms with Crippen LogP contribution in [0.15, 0.2) is 18.2 Å². The van der Waals surface area contributed by atoms with Crippen LogP contribution in [0.3, 0.4) is 0 Å². The van der Waals surface area contributed by atoms with Crippen molar-refractivity contribution in [1.82, 2.24) is 0 Å². The number of methoxy groups -OCH3 is 1. The molecule has 18 heavy (non-hydrogen) atoms. The molecule has 1 aromatic carbocycles. The van der Waals surface area contributed by atoms with Gasteiger partial charge in [-0.3, -0.25) is 9.59 Å². The number of hydrogen-bond donors (Lipinski definition) is 1. The van der Waals surface area contributed by atoms with Gasteiger partial charge >= 0.3 is 5.97 Å². The highest BCUT2D eigenvalue weighted by Gasteiger charge is 2.35. The zero-order chi connectivity index (χ0) is 13.3. The fourth-order valence-corrected chi connectivity index (χ4v) is 2.09. The minimum Gasteiger partial charge on any atom is -0.508 e. The van der Waals surface area contributed by atoms with Gasteiger partial charge in [-0.15, -0.1) is 0 Å². The van der Waals surface area contributed by atoms with Gasteiger partial charge in [0.25, 0.3) is 0 Å². The molecular weight excluding hydrogens is 234 g/mol. The zero-order valence-electron chi connectivity index (χ0n) is 10.3. The van der Waals surface area contributed by atoms with E-state index in [1.807, 2.05) is 0 Å². The van der Waals surface area contributed by atoms with Gasteiger partial charge < -0.3 is 14.7 Å². The van der Waals surface area contributed by atoms with Crippen LogP contribution in [0.25, 0.3) is 0 Å². The first-order valence-electron chi connectivity index (χ1n) is 5.70. The van der Waals surface area contributed by atoms with Crippen LogP contribution in [0.4, 0.5) is 5.69 Å². The minimum atomic E-state index is -0.406. The van der Waals surface area contributed by atoms with Crippen molar-refractivity contribution in [2.24, 2.45) is 5.92 Å². The van der Waals surface area contributed by atoms with E-state index in [2.05, 4.69) is 4.74 Å². The lowest BCUT2D eigenvalue weighted by atomic mass is 10.1. The molecule has 0 spiro atoms. The number of carbonyl (C=O) groups excluding carboxylic acids is 2. The summed E-state index contributed by atoms with van der Waals surface area (Å²) in [5.74, 6) is -0.677. The third-order valence-corrected chi connectivity index (χ3v) is 3.15. The smallest absolute Gasteiger partial charge is 0.311 e. The first-order chi connectivity index (χ1) is 8.52. The summed E-state index contributed by atoms with van der Waals surface area (Å²) >= 11 is 0. The maximum Gasteiger partial charge on any atom is 0.311 e. The topological polar surface area (TPSA) is 66.8 Å². The standard InChI is InChI=1S/C13H15NO4/c1-8-5-10(3-4-11(8)15)14-7-9(6-12(14)16)13(17)18-2/h3-5,9,15H,6-7H2,1-2H3/t9-/m0/s1. The molecule has 1 atom stereocenters. The van der Waals surface area contributed by atoms with E-state index >= 15 is 0 Å². The largest absolute Gasteiger partial charge is 0.508 e. The normalized spacial score (nSPS) is 19.1. The van der Waals surface area contributed by atoms with Gasteiger partial charge in [-0.25, -0.2) is 0 Å². The van der Waals surface area contributed by atoms with E-state index in [9.17, 15) is 14.7 Å². The summed E-state index contributed by atoms with van der Waals surface area (Å²) in [5, 5.41) is 9.45. The molecule has 0 aliphatic carbocycles. The fourth-order valence-electron chi connectivity index (χ4n) is 2.09. The van der Waals surface area contributed by atoms with Gasteiger partial charge in [-0.05, 0) is 30.7 Å². The van der Waals surface area contributed by atoms with E-state index < -0.39 is 5.92 Å². The van der Waals surface area contributed by atoms with Crippen LogP contribution >= 0.6 is 0 Å². The van der Waals surface area contributed by atoms with Crippen molar-refractivity contribution in [3.05, 3.63) is 23.8 Å². The van der Waals surface area contributed by atoms with Crippen molar-refractivity contribution in [3.8, 4) is 5.75 Å². The Kier molecular flexibility index (Phi) is 3.23. The number of phenols is 1. The van der Waals surface area contributed by atoms with E-state index in [4.69, 9.17) is 0 Å². The molecule has 1 aliphatic heterocycles. The number of benzene rings is 1. The number of phenolic OH excluding ortho intramolecular Hbond substituents is 1. The van der Waals surface area contributed by atoms with Gasteiger partial charge in [0.05, 0.1) is 13.0 Å². The maximum atomic E-state index is 11.9. The van der Waals surface area contributed by atoms with Gasteiger partial charge in [0, 0.05) is 18.7 Å². The van der Waals surface area contributed by atoms with Gasteiger partial charge in [-0.1, -0.05) is 0 Å². The second-order valence-corrected chi connectivity index (χ2v) is 4.40. The van der Waals surface area contributed by atoms with Crippen molar-refractivity contribution in [2.75, 3.05) is 18.6 Å². The molecule has 1 saturated heterocycles. The monoisotopic (exact) mass is 249 g/mol. The second kappa shape index (κ2) is 4.68. The molecule has 96 valence electrons. The number of hydrogen-bond acceptors (Lipinski definition) is 4. The molecular formula is C13H15NO4. The van der Waals surface area contributed by atoms with Crippen LogP contribution < -0.4 is 4.90 Å². The number of aryl methyl sites for hydroxylation is 1. The van der Waals surface area contributed by atoms with Crippen LogP contribution in [0.2, 0.25) is 0 Å². The molecule has 0 saturated carbocycles. The van der Waals surface area contributed by atoms with Crippen LogP contribution in [0.5, 0.6) is 5.75 Å². The number of ether oxygens (including phenoxy) is 1. The average molecular weight is 249 g/mol. The summed E-state index contributed by atoms with van der Waals surface area (Å²) in [6.07, 6.45) is 0.173. The first-order valence-corrected chi connectivity index (χ1v) is 5.70. The van der Waals surface area contributed by atoms with Crippen molar-refractivity contribution in [1.29, 1.82) is 0 Å². The number of rotatable bonds is 2. The molecule has 5 heteroatoms. The molecule has 5 nitrogen and oxygen atoms in total. The lowest BCUT2D eigenvalue weighted by molar-refractivity contribution is -0.145. The van der Waals surface area contributed by atoms with Crippen LogP contribution in [0, 0.1) is 12.8 Å². The van der Waals surface area contributed by atoms with Crippen molar-refractivity contribution in [3.63, 3.8) is 0 Å². The fraction of sp³-hybridized carbons (Fsp3) is 0.385. The summed E-state index contributed by atoms with van der Waals surface area (Å²) in [6, 6.07) is 4.94. The number of carbonyl (C=O) groups is 2. The van der Waals surface area contributed by atoms with Gasteiger partial charge in [0.1, 0.15) is 5.75 Å². The zero-order valence-corrected chi connectivity index (χ0v) is 10.3. The van der Waals surface area contributed by atoms with Gasteiger partial charge in [0.2, 0.25) is 5.91 Å². The minimum absolute atomic E-state index is 0.101. The van der Waals surface area contributed by atoms with Crippen LogP contribution in [0.1, 0.15) is 12.0 Å². The molecule has 1 aliphatic rings. The molecule has 2 rings (SSSR count). The van der Waals surface area contributed by atoms with Crippen LogP contribution in [-0.2, 0) is 14.3 Å². The number of nitrogens with zero attached hydrogens (tertiary/aromatic N) is 1. The van der Waals surface area contributed by atoms with Crippen molar-refractivity contribution >= 4 is 17.6 Å². The second-order valence-electron chi connectivity index (χ2n) is 4.40. The van der Waals surface area contributed by atoms with E-state index in [1.54, 1.807) is 30.0 Å². The van der Waals surface area contributed by atoms with E-state index in [1.165, 1.54) is 7.11 Å². The molecule has 0 bridgehead atoms. The maximum absolute atomic E-state index is 11.9. The lowest BCUT2D eigenvalue weighted by Gasteiger charge is -2.17. The Morgan fingerprint density at radius 2 is 2.22 bits per heavy atom. The predicted octanol–water partition coefficient (Wildman–Crippen LogP) is 1.23. The average Bonchev–Trinajstić information content (AvgIpc) is 2.74. The van der Waals surface area contributed by atoms with E-state index in [0.29, 0.717) is 17.8 Å². The molecule has 1 amide bonds. The predicted molar refractivity (Wildman–Crippen MR) is 65.3 cm³/mol. The molecule has 1 aromatic rings. The Labute approximate surface area is 105 Å². The highest BCUT2D eigenvalue weighted by Crippen LogP contribution is 2.29. The Balaban J connectivity index is 2.21. The van der Waals surface area contributed by atoms with Crippen molar-refractivity contribution in [2.45, 2.75) is 13.3 Å². The molecule has 0 radical (unpaired) electrons.